The molecule has 3 aromatic rings. The van der Waals surface area contributed by atoms with Gasteiger partial charge in [0.15, 0.2) is 0 Å². The molecular weight excluding hydrogens is 456 g/mol. The van der Waals surface area contributed by atoms with E-state index in [-0.39, 0.29) is 24.5 Å². The van der Waals surface area contributed by atoms with Crippen molar-refractivity contribution in [3.8, 4) is 5.75 Å². The van der Waals surface area contributed by atoms with Gasteiger partial charge in [0.1, 0.15) is 17.4 Å². The van der Waals surface area contributed by atoms with E-state index in [4.69, 9.17) is 9.47 Å². The van der Waals surface area contributed by atoms with Crippen LogP contribution in [0.3, 0.4) is 0 Å². The van der Waals surface area contributed by atoms with E-state index in [0.717, 1.165) is 23.4 Å². The molecule has 0 unspecified atom stereocenters. The SMILES string of the molecule is CCCCN1C(=O)C[C@H](C(=O)OCc2cc(=O)n3nc(CC)sc3n2)[C@H]1c1ccc(OC)cc1. The second-order valence-corrected chi connectivity index (χ2v) is 9.25. The van der Waals surface area contributed by atoms with Crippen molar-refractivity contribution < 1.29 is 19.1 Å². The maximum Gasteiger partial charge on any atom is 0.312 e. The lowest BCUT2D eigenvalue weighted by Crippen LogP contribution is -2.32. The summed E-state index contributed by atoms with van der Waals surface area (Å²) in [5, 5.41) is 5.03. The maximum atomic E-state index is 13.1. The number of benzene rings is 1. The number of likely N-dealkylation sites (tertiary alicyclic amines) is 1. The molecule has 3 heterocycles. The highest BCUT2D eigenvalue weighted by Crippen LogP contribution is 2.39. The van der Waals surface area contributed by atoms with E-state index in [9.17, 15) is 14.4 Å². The van der Waals surface area contributed by atoms with Crippen LogP contribution in [0.5, 0.6) is 5.75 Å². The van der Waals surface area contributed by atoms with E-state index in [2.05, 4.69) is 17.0 Å². The van der Waals surface area contributed by atoms with Crippen LogP contribution in [-0.4, -0.2) is 45.0 Å². The summed E-state index contributed by atoms with van der Waals surface area (Å²) in [6.07, 6.45) is 2.58. The molecule has 4 rings (SSSR count). The fourth-order valence-electron chi connectivity index (χ4n) is 4.17. The fraction of sp³-hybridized carbons (Fsp3) is 0.458. The van der Waals surface area contributed by atoms with Gasteiger partial charge in [-0.1, -0.05) is 43.7 Å². The lowest BCUT2D eigenvalue weighted by Gasteiger charge is -2.28. The van der Waals surface area contributed by atoms with E-state index in [1.165, 1.54) is 21.9 Å². The summed E-state index contributed by atoms with van der Waals surface area (Å²) in [4.78, 5) is 45.0. The average molecular weight is 485 g/mol. The summed E-state index contributed by atoms with van der Waals surface area (Å²) < 4.78 is 12.1. The molecule has 0 bridgehead atoms. The Morgan fingerprint density at radius 2 is 1.97 bits per heavy atom. The van der Waals surface area contributed by atoms with Crippen LogP contribution >= 0.6 is 11.3 Å². The zero-order valence-electron chi connectivity index (χ0n) is 19.5. The second kappa shape index (κ2) is 10.3. The largest absolute Gasteiger partial charge is 0.497 e. The lowest BCUT2D eigenvalue weighted by atomic mass is 9.93. The maximum absolute atomic E-state index is 13.1. The van der Waals surface area contributed by atoms with Gasteiger partial charge in [0.05, 0.1) is 24.8 Å². The summed E-state index contributed by atoms with van der Waals surface area (Å²) >= 11 is 1.33. The van der Waals surface area contributed by atoms with Gasteiger partial charge in [-0.05, 0) is 30.5 Å². The van der Waals surface area contributed by atoms with E-state index in [1.54, 1.807) is 12.0 Å². The normalized spacial score (nSPS) is 18.0. The Labute approximate surface area is 201 Å². The monoisotopic (exact) mass is 484 g/mol. The van der Waals surface area contributed by atoms with Gasteiger partial charge in [-0.3, -0.25) is 14.4 Å². The Morgan fingerprint density at radius 1 is 1.21 bits per heavy atom. The molecule has 0 spiro atoms. The number of carbonyl (C=O) groups is 2. The molecule has 1 amide bonds. The Bertz CT molecular complexity index is 1240. The minimum absolute atomic E-state index is 0.0641. The minimum atomic E-state index is -0.641. The lowest BCUT2D eigenvalue weighted by molar-refractivity contribution is -0.151. The number of fused-ring (bicyclic) bond motifs is 1. The number of nitrogens with zero attached hydrogens (tertiary/aromatic N) is 4. The van der Waals surface area contributed by atoms with Crippen molar-refractivity contribution in [2.75, 3.05) is 13.7 Å². The van der Waals surface area contributed by atoms with Gasteiger partial charge >= 0.3 is 5.97 Å². The second-order valence-electron chi connectivity index (χ2n) is 8.21. The highest BCUT2D eigenvalue weighted by atomic mass is 32.1. The van der Waals surface area contributed by atoms with Gasteiger partial charge in [0.25, 0.3) is 5.56 Å². The fourth-order valence-corrected chi connectivity index (χ4v) is 5.03. The summed E-state index contributed by atoms with van der Waals surface area (Å²) in [6.45, 7) is 4.46. The van der Waals surface area contributed by atoms with Crippen molar-refractivity contribution in [1.82, 2.24) is 19.5 Å². The molecule has 10 heteroatoms. The predicted molar refractivity (Wildman–Crippen MR) is 127 cm³/mol. The molecule has 1 aliphatic rings. The number of esters is 1. The number of ether oxygens (including phenoxy) is 2. The van der Waals surface area contributed by atoms with E-state index >= 15 is 0 Å². The van der Waals surface area contributed by atoms with E-state index in [1.807, 2.05) is 31.2 Å². The third-order valence-corrected chi connectivity index (χ3v) is 7.00. The summed E-state index contributed by atoms with van der Waals surface area (Å²) in [5.74, 6) is -0.480. The van der Waals surface area contributed by atoms with Crippen molar-refractivity contribution in [3.63, 3.8) is 0 Å². The van der Waals surface area contributed by atoms with Crippen LogP contribution in [0.25, 0.3) is 4.96 Å². The van der Waals surface area contributed by atoms with E-state index in [0.29, 0.717) is 29.4 Å². The first kappa shape index (κ1) is 23.9. The average Bonchev–Trinajstić information content (AvgIpc) is 3.42. The quantitative estimate of drug-likeness (QED) is 0.430. The molecule has 0 saturated carbocycles. The standard InChI is InChI=1S/C24H28N4O5S/c1-4-6-11-27-20(29)13-18(22(27)15-7-9-17(32-3)10-8-15)23(31)33-14-16-12-21(30)28-24(25-16)34-19(5-2)26-28/h7-10,12,18,22H,4-6,11,13-14H2,1-3H3/t18-,22+/m0/s1. The first-order valence-electron chi connectivity index (χ1n) is 11.4. The van der Waals surface area contributed by atoms with Crippen molar-refractivity contribution in [2.45, 2.75) is 52.2 Å². The molecule has 9 nitrogen and oxygen atoms in total. The molecule has 0 N–H and O–H groups in total. The van der Waals surface area contributed by atoms with Crippen LogP contribution in [0.1, 0.15) is 55.4 Å². The van der Waals surface area contributed by atoms with Crippen LogP contribution < -0.4 is 10.3 Å². The van der Waals surface area contributed by atoms with Gasteiger partial charge in [-0.15, -0.1) is 0 Å². The molecule has 34 heavy (non-hydrogen) atoms. The number of aryl methyl sites for hydroxylation is 1. The first-order valence-corrected chi connectivity index (χ1v) is 12.3. The predicted octanol–water partition coefficient (Wildman–Crippen LogP) is 3.16. The number of methoxy groups -OCH3 is 1. The minimum Gasteiger partial charge on any atom is -0.497 e. The zero-order valence-corrected chi connectivity index (χ0v) is 20.3. The Kier molecular flexibility index (Phi) is 7.26. The zero-order chi connectivity index (χ0) is 24.2. The molecule has 1 saturated heterocycles. The number of aromatic nitrogens is 3. The van der Waals surface area contributed by atoms with Crippen LogP contribution in [0, 0.1) is 5.92 Å². The molecule has 0 aliphatic carbocycles. The van der Waals surface area contributed by atoms with Crippen LogP contribution in [0.15, 0.2) is 35.1 Å². The Morgan fingerprint density at radius 3 is 2.65 bits per heavy atom. The molecule has 2 atom stereocenters. The van der Waals surface area contributed by atoms with Gasteiger partial charge in [0.2, 0.25) is 10.9 Å². The Hall–Kier alpha value is -3.27. The third-order valence-electron chi connectivity index (χ3n) is 5.95. The van der Waals surface area contributed by atoms with Crippen LogP contribution in [-0.2, 0) is 27.4 Å². The Balaban J connectivity index is 1.54. The number of carbonyl (C=O) groups excluding carboxylic acids is 2. The van der Waals surface area contributed by atoms with Crippen molar-refractivity contribution in [1.29, 1.82) is 0 Å². The molecule has 1 fully saturated rings. The smallest absolute Gasteiger partial charge is 0.312 e. The van der Waals surface area contributed by atoms with Crippen molar-refractivity contribution in [3.05, 3.63) is 57.0 Å². The van der Waals surface area contributed by atoms with Gasteiger partial charge in [-0.25, -0.2) is 4.98 Å². The topological polar surface area (TPSA) is 103 Å². The molecule has 1 aromatic carbocycles. The summed E-state index contributed by atoms with van der Waals surface area (Å²) in [7, 11) is 1.59. The van der Waals surface area contributed by atoms with Crippen LogP contribution in [0.2, 0.25) is 0 Å². The number of rotatable bonds is 9. The van der Waals surface area contributed by atoms with Gasteiger partial charge < -0.3 is 14.4 Å². The highest BCUT2D eigenvalue weighted by molar-refractivity contribution is 7.16. The summed E-state index contributed by atoms with van der Waals surface area (Å²) in [6, 6.07) is 8.33. The molecule has 180 valence electrons. The summed E-state index contributed by atoms with van der Waals surface area (Å²) in [5.41, 5.74) is 0.905. The number of hydrogen-bond donors (Lipinski definition) is 0. The first-order chi connectivity index (χ1) is 16.4. The van der Waals surface area contributed by atoms with Crippen molar-refractivity contribution >= 4 is 28.2 Å². The number of amides is 1. The van der Waals surface area contributed by atoms with Crippen molar-refractivity contribution in [2.24, 2.45) is 5.92 Å². The molecule has 0 radical (unpaired) electrons. The molecule has 2 aromatic heterocycles. The molecular formula is C24H28N4O5S. The van der Waals surface area contributed by atoms with Crippen LogP contribution in [0.4, 0.5) is 0 Å². The van der Waals surface area contributed by atoms with Gasteiger partial charge in [0, 0.05) is 19.0 Å². The molecule has 1 aliphatic heterocycles. The number of unbranched alkanes of at least 4 members (excludes halogenated alkanes) is 1. The van der Waals surface area contributed by atoms with E-state index < -0.39 is 17.9 Å². The number of hydrogen-bond acceptors (Lipinski definition) is 8. The highest BCUT2D eigenvalue weighted by Gasteiger charge is 2.45. The third kappa shape index (κ3) is 4.82. The van der Waals surface area contributed by atoms with Gasteiger partial charge in [-0.2, -0.15) is 9.61 Å².